The second kappa shape index (κ2) is 3.13. The molecule has 0 saturated carbocycles. The van der Waals surface area contributed by atoms with Crippen LogP contribution in [0.4, 0.5) is 5.69 Å². The lowest BCUT2D eigenvalue weighted by atomic mass is 10.4. The van der Waals surface area contributed by atoms with E-state index in [0.29, 0.717) is 0 Å². The van der Waals surface area contributed by atoms with Crippen LogP contribution >= 0.6 is 0 Å². The first-order chi connectivity index (χ1) is 6.00. The van der Waals surface area contributed by atoms with Gasteiger partial charge in [0.25, 0.3) is 5.91 Å². The van der Waals surface area contributed by atoms with Gasteiger partial charge in [-0.3, -0.25) is 14.3 Å². The summed E-state index contributed by atoms with van der Waals surface area (Å²) in [7, 11) is 0. The Morgan fingerprint density at radius 3 is 2.62 bits per heavy atom. The second-order valence-electron chi connectivity index (χ2n) is 2.39. The number of carboxylic acid groups (broad SMARTS) is 1. The number of aliphatic carboxylic acids is 1. The van der Waals surface area contributed by atoms with Crippen LogP contribution in [0.2, 0.25) is 0 Å². The number of nitrogen functional groups attached to an aromatic ring is 1. The lowest BCUT2D eigenvalue weighted by Crippen LogP contribution is -2.15. The molecule has 0 aliphatic carbocycles. The van der Waals surface area contributed by atoms with E-state index in [2.05, 4.69) is 5.10 Å². The number of anilines is 1. The molecule has 0 aliphatic rings. The quantitative estimate of drug-likeness (QED) is 0.535. The molecule has 5 N–H and O–H groups in total. The van der Waals surface area contributed by atoms with Crippen LogP contribution in [0.25, 0.3) is 0 Å². The molecule has 7 heteroatoms. The van der Waals surface area contributed by atoms with Crippen LogP contribution in [0.15, 0.2) is 6.20 Å². The molecule has 0 radical (unpaired) electrons. The van der Waals surface area contributed by atoms with Crippen LogP contribution in [0, 0.1) is 0 Å². The van der Waals surface area contributed by atoms with E-state index >= 15 is 0 Å². The molecule has 0 aromatic carbocycles. The van der Waals surface area contributed by atoms with Crippen molar-refractivity contribution >= 4 is 17.6 Å². The first-order valence-electron chi connectivity index (χ1n) is 3.35. The number of carbonyl (C=O) groups is 2. The summed E-state index contributed by atoms with van der Waals surface area (Å²) in [6, 6.07) is 0. The number of nitrogens with two attached hydrogens (primary N) is 2. The number of amides is 1. The average molecular weight is 184 g/mol. The monoisotopic (exact) mass is 184 g/mol. The number of carboxylic acids is 1. The Morgan fingerprint density at radius 1 is 1.62 bits per heavy atom. The van der Waals surface area contributed by atoms with E-state index in [1.54, 1.807) is 0 Å². The minimum Gasteiger partial charge on any atom is -0.480 e. The average Bonchev–Trinajstić information content (AvgIpc) is 2.29. The Hall–Kier alpha value is -2.05. The molecule has 1 amide bonds. The van der Waals surface area contributed by atoms with Gasteiger partial charge in [0.2, 0.25) is 0 Å². The highest BCUT2D eigenvalue weighted by atomic mass is 16.4. The van der Waals surface area contributed by atoms with Crippen LogP contribution in [0.5, 0.6) is 0 Å². The highest BCUT2D eigenvalue weighted by Gasteiger charge is 2.12. The fourth-order valence-electron chi connectivity index (χ4n) is 0.848. The molecule has 0 unspecified atom stereocenters. The Labute approximate surface area is 72.9 Å². The summed E-state index contributed by atoms with van der Waals surface area (Å²) in [5.41, 5.74) is 10.2. The van der Waals surface area contributed by atoms with Crippen LogP contribution < -0.4 is 11.5 Å². The van der Waals surface area contributed by atoms with Crippen molar-refractivity contribution in [3.8, 4) is 0 Å². The van der Waals surface area contributed by atoms with Gasteiger partial charge in [0.15, 0.2) is 5.69 Å². The third-order valence-corrected chi connectivity index (χ3v) is 1.32. The van der Waals surface area contributed by atoms with Crippen molar-refractivity contribution in [3.05, 3.63) is 11.9 Å². The Bertz CT molecular complexity index is 357. The molecular weight excluding hydrogens is 176 g/mol. The Kier molecular flexibility index (Phi) is 2.18. The maximum atomic E-state index is 10.6. The van der Waals surface area contributed by atoms with Crippen LogP contribution in [0.1, 0.15) is 10.5 Å². The van der Waals surface area contributed by atoms with E-state index in [1.807, 2.05) is 0 Å². The predicted octanol–water partition coefficient (Wildman–Crippen LogP) is -1.35. The third kappa shape index (κ3) is 1.95. The highest BCUT2D eigenvalue weighted by Crippen LogP contribution is 2.07. The summed E-state index contributed by atoms with van der Waals surface area (Å²) < 4.78 is 1.04. The molecule has 0 aliphatic heterocycles. The van der Waals surface area contributed by atoms with Gasteiger partial charge in [0.05, 0.1) is 5.69 Å². The van der Waals surface area contributed by atoms with Crippen molar-refractivity contribution in [2.45, 2.75) is 6.54 Å². The van der Waals surface area contributed by atoms with Crippen LogP contribution in [0.3, 0.4) is 0 Å². The molecular formula is C6H8N4O3. The molecule has 1 heterocycles. The summed E-state index contributed by atoms with van der Waals surface area (Å²) in [6.45, 7) is -0.350. The van der Waals surface area contributed by atoms with Gasteiger partial charge < -0.3 is 16.6 Å². The van der Waals surface area contributed by atoms with Gasteiger partial charge in [-0.1, -0.05) is 0 Å². The minimum absolute atomic E-state index is 0.0775. The highest BCUT2D eigenvalue weighted by molar-refractivity contribution is 5.95. The van der Waals surface area contributed by atoms with Gasteiger partial charge >= 0.3 is 5.97 Å². The zero-order chi connectivity index (χ0) is 10.0. The van der Waals surface area contributed by atoms with Crippen LogP contribution in [-0.4, -0.2) is 26.8 Å². The summed E-state index contributed by atoms with van der Waals surface area (Å²) in [4.78, 5) is 20.9. The number of carbonyl (C=O) groups excluding carboxylic acids is 1. The first-order valence-corrected chi connectivity index (χ1v) is 3.35. The first kappa shape index (κ1) is 9.04. The molecule has 0 fully saturated rings. The number of aromatic nitrogens is 2. The van der Waals surface area contributed by atoms with E-state index in [4.69, 9.17) is 16.6 Å². The van der Waals surface area contributed by atoms with Gasteiger partial charge in [-0.05, 0) is 0 Å². The van der Waals surface area contributed by atoms with Crippen molar-refractivity contribution in [1.29, 1.82) is 0 Å². The molecule has 0 bridgehead atoms. The van der Waals surface area contributed by atoms with Crippen molar-refractivity contribution in [2.75, 3.05) is 5.73 Å². The predicted molar refractivity (Wildman–Crippen MR) is 42.8 cm³/mol. The lowest BCUT2D eigenvalue weighted by molar-refractivity contribution is -0.137. The third-order valence-electron chi connectivity index (χ3n) is 1.32. The van der Waals surface area contributed by atoms with Crippen LogP contribution in [-0.2, 0) is 11.3 Å². The fraction of sp³-hybridized carbons (Fsp3) is 0.167. The summed E-state index contributed by atoms with van der Waals surface area (Å²) >= 11 is 0. The number of rotatable bonds is 3. The number of primary amides is 1. The van der Waals surface area contributed by atoms with Crippen molar-refractivity contribution in [1.82, 2.24) is 9.78 Å². The smallest absolute Gasteiger partial charge is 0.325 e. The maximum absolute atomic E-state index is 10.6. The standard InChI is InChI=1S/C6H8N4O3/c7-3-1-10(2-4(11)12)9-5(3)6(8)13/h1H,2,7H2,(H2,8,13)(H,11,12). The van der Waals surface area contributed by atoms with Gasteiger partial charge in [0, 0.05) is 6.20 Å². The number of nitrogens with zero attached hydrogens (tertiary/aromatic N) is 2. The van der Waals surface area contributed by atoms with Gasteiger partial charge in [-0.25, -0.2) is 0 Å². The summed E-state index contributed by atoms with van der Waals surface area (Å²) in [5, 5.41) is 12.0. The van der Waals surface area contributed by atoms with Gasteiger partial charge in [-0.2, -0.15) is 5.10 Å². The lowest BCUT2D eigenvalue weighted by Gasteiger charge is -1.92. The summed E-state index contributed by atoms with van der Waals surface area (Å²) in [6.07, 6.45) is 1.24. The van der Waals surface area contributed by atoms with Crippen molar-refractivity contribution in [3.63, 3.8) is 0 Å². The topological polar surface area (TPSA) is 124 Å². The molecule has 1 aromatic heterocycles. The molecule has 7 nitrogen and oxygen atoms in total. The molecule has 0 saturated heterocycles. The maximum Gasteiger partial charge on any atom is 0.325 e. The van der Waals surface area contributed by atoms with E-state index < -0.39 is 11.9 Å². The van der Waals surface area contributed by atoms with E-state index in [-0.39, 0.29) is 17.9 Å². The van der Waals surface area contributed by atoms with Crippen molar-refractivity contribution < 1.29 is 14.7 Å². The molecule has 13 heavy (non-hydrogen) atoms. The number of hydrogen-bond donors (Lipinski definition) is 3. The van der Waals surface area contributed by atoms with Gasteiger partial charge in [0.1, 0.15) is 6.54 Å². The second-order valence-corrected chi connectivity index (χ2v) is 2.39. The van der Waals surface area contributed by atoms with Gasteiger partial charge in [-0.15, -0.1) is 0 Å². The number of hydrogen-bond acceptors (Lipinski definition) is 4. The van der Waals surface area contributed by atoms with E-state index in [0.717, 1.165) is 4.68 Å². The molecule has 1 rings (SSSR count). The molecule has 1 aromatic rings. The fourth-order valence-corrected chi connectivity index (χ4v) is 0.848. The molecule has 0 spiro atoms. The normalized spacial score (nSPS) is 9.85. The minimum atomic E-state index is -1.07. The molecule has 0 atom stereocenters. The summed E-state index contributed by atoms with van der Waals surface area (Å²) in [5.74, 6) is -1.85. The Balaban J connectivity index is 2.95. The largest absolute Gasteiger partial charge is 0.480 e. The zero-order valence-corrected chi connectivity index (χ0v) is 6.60. The zero-order valence-electron chi connectivity index (χ0n) is 6.60. The SMILES string of the molecule is NC(=O)c1nn(CC(=O)O)cc1N. The molecule has 70 valence electrons. The van der Waals surface area contributed by atoms with E-state index in [1.165, 1.54) is 6.20 Å². The van der Waals surface area contributed by atoms with E-state index in [9.17, 15) is 9.59 Å². The Morgan fingerprint density at radius 2 is 2.23 bits per heavy atom. The van der Waals surface area contributed by atoms with Crippen molar-refractivity contribution in [2.24, 2.45) is 5.73 Å².